The fourth-order valence-corrected chi connectivity index (χ4v) is 1.93. The molecule has 0 aliphatic rings. The summed E-state index contributed by atoms with van der Waals surface area (Å²) in [4.78, 5) is 15.2. The van der Waals surface area contributed by atoms with E-state index in [0.717, 1.165) is 0 Å². The molecule has 0 unspecified atom stereocenters. The second-order valence-corrected chi connectivity index (χ2v) is 3.85. The van der Waals surface area contributed by atoms with Crippen LogP contribution in [-0.2, 0) is 21.8 Å². The summed E-state index contributed by atoms with van der Waals surface area (Å²) >= 11 is 5.67. The Kier molecular flexibility index (Phi) is 5.95. The number of carbonyl (C=O) groups excluding carboxylic acids is 1. The third-order valence-corrected chi connectivity index (χ3v) is 2.73. The van der Waals surface area contributed by atoms with Gasteiger partial charge in [-0.15, -0.1) is 11.6 Å². The molecule has 1 aromatic rings. The van der Waals surface area contributed by atoms with Gasteiger partial charge in [0.15, 0.2) is 0 Å². The van der Waals surface area contributed by atoms with Crippen LogP contribution in [-0.4, -0.2) is 24.7 Å². The van der Waals surface area contributed by atoms with E-state index in [2.05, 4.69) is 4.98 Å². The fourth-order valence-electron chi connectivity index (χ4n) is 1.65. The van der Waals surface area contributed by atoms with Crippen LogP contribution in [0.2, 0.25) is 0 Å². The molecule has 0 atom stereocenters. The van der Waals surface area contributed by atoms with Gasteiger partial charge in [0.25, 0.3) is 6.43 Å². The van der Waals surface area contributed by atoms with Gasteiger partial charge in [0, 0.05) is 11.1 Å². The number of ether oxygens (including phenoxy) is 2. The minimum atomic E-state index is -2.79. The number of rotatable bonds is 6. The summed E-state index contributed by atoms with van der Waals surface area (Å²) < 4.78 is 35.9. The molecule has 1 rings (SSSR count). The van der Waals surface area contributed by atoms with Crippen molar-refractivity contribution < 1.29 is 23.0 Å². The summed E-state index contributed by atoms with van der Waals surface area (Å²) in [6, 6.07) is 0. The van der Waals surface area contributed by atoms with Crippen molar-refractivity contribution in [2.45, 2.75) is 25.7 Å². The molecular weight excluding hydrogens is 280 g/mol. The van der Waals surface area contributed by atoms with Crippen LogP contribution in [0.1, 0.15) is 30.2 Å². The second-order valence-electron chi connectivity index (χ2n) is 3.58. The lowest BCUT2D eigenvalue weighted by molar-refractivity contribution is -0.142. The van der Waals surface area contributed by atoms with Crippen molar-refractivity contribution in [3.05, 3.63) is 23.0 Å². The quantitative estimate of drug-likeness (QED) is 0.598. The second kappa shape index (κ2) is 7.23. The molecule has 1 heterocycles. The van der Waals surface area contributed by atoms with E-state index >= 15 is 0 Å². The van der Waals surface area contributed by atoms with Gasteiger partial charge in [-0.05, 0) is 6.92 Å². The zero-order chi connectivity index (χ0) is 14.4. The molecule has 0 N–H and O–H groups in total. The Morgan fingerprint density at radius 3 is 2.68 bits per heavy atom. The number of hydrogen-bond acceptors (Lipinski definition) is 4. The molecule has 0 aromatic carbocycles. The maximum atomic E-state index is 13.1. The Morgan fingerprint density at radius 2 is 2.21 bits per heavy atom. The van der Waals surface area contributed by atoms with Crippen LogP contribution in [0, 0.1) is 0 Å². The molecule has 0 saturated carbocycles. The smallest absolute Gasteiger partial charge is 0.311 e. The van der Waals surface area contributed by atoms with E-state index in [1.807, 2.05) is 0 Å². The lowest BCUT2D eigenvalue weighted by Crippen LogP contribution is -2.13. The summed E-state index contributed by atoms with van der Waals surface area (Å²) in [6.07, 6.45) is -1.83. The molecule has 0 saturated heterocycles. The van der Waals surface area contributed by atoms with Crippen molar-refractivity contribution in [3.63, 3.8) is 0 Å². The SMILES string of the molecule is CCOC(=O)Cc1ncc(OC)c(CCl)c1C(F)F. The van der Waals surface area contributed by atoms with Gasteiger partial charge >= 0.3 is 5.97 Å². The lowest BCUT2D eigenvalue weighted by atomic mass is 10.0. The first kappa shape index (κ1) is 15.6. The summed E-state index contributed by atoms with van der Waals surface area (Å²) in [5.74, 6) is -0.582. The number of methoxy groups -OCH3 is 1. The van der Waals surface area contributed by atoms with Crippen LogP contribution in [0.15, 0.2) is 6.20 Å². The van der Waals surface area contributed by atoms with E-state index in [9.17, 15) is 13.6 Å². The van der Waals surface area contributed by atoms with Crippen molar-refractivity contribution in [3.8, 4) is 5.75 Å². The fraction of sp³-hybridized carbons (Fsp3) is 0.500. The molecule has 7 heteroatoms. The minimum Gasteiger partial charge on any atom is -0.495 e. The molecule has 0 amide bonds. The average Bonchev–Trinajstić information content (AvgIpc) is 2.37. The maximum Gasteiger partial charge on any atom is 0.311 e. The number of aromatic nitrogens is 1. The summed E-state index contributed by atoms with van der Waals surface area (Å²) in [6.45, 7) is 1.82. The van der Waals surface area contributed by atoms with Gasteiger partial charge in [-0.3, -0.25) is 9.78 Å². The minimum absolute atomic E-state index is 0.0371. The Bertz CT molecular complexity index is 455. The van der Waals surface area contributed by atoms with E-state index in [0.29, 0.717) is 0 Å². The largest absolute Gasteiger partial charge is 0.495 e. The van der Waals surface area contributed by atoms with E-state index < -0.39 is 12.4 Å². The molecule has 19 heavy (non-hydrogen) atoms. The third kappa shape index (κ3) is 3.76. The number of carbonyl (C=O) groups is 1. The Balaban J connectivity index is 3.20. The lowest BCUT2D eigenvalue weighted by Gasteiger charge is -2.14. The first-order valence-electron chi connectivity index (χ1n) is 5.59. The van der Waals surface area contributed by atoms with Crippen LogP contribution < -0.4 is 4.74 Å². The van der Waals surface area contributed by atoms with Gasteiger partial charge in [-0.25, -0.2) is 8.78 Å². The van der Waals surface area contributed by atoms with E-state index in [-0.39, 0.29) is 41.5 Å². The standard InChI is InChI=1S/C12H14ClF2NO3/c1-3-19-10(17)4-8-11(12(14)15)7(5-13)9(18-2)6-16-8/h6,12H,3-5H2,1-2H3. The molecule has 4 nitrogen and oxygen atoms in total. The zero-order valence-electron chi connectivity index (χ0n) is 10.6. The number of esters is 1. The van der Waals surface area contributed by atoms with Crippen LogP contribution in [0.25, 0.3) is 0 Å². The number of pyridine rings is 1. The normalized spacial score (nSPS) is 10.6. The Hall–Kier alpha value is -1.43. The van der Waals surface area contributed by atoms with Crippen molar-refractivity contribution in [2.24, 2.45) is 0 Å². The molecule has 0 aliphatic heterocycles. The van der Waals surface area contributed by atoms with Gasteiger partial charge in [-0.1, -0.05) is 0 Å². The topological polar surface area (TPSA) is 48.4 Å². The van der Waals surface area contributed by atoms with Gasteiger partial charge < -0.3 is 9.47 Å². The van der Waals surface area contributed by atoms with Crippen LogP contribution in [0.5, 0.6) is 5.75 Å². The van der Waals surface area contributed by atoms with E-state index in [4.69, 9.17) is 21.1 Å². The van der Waals surface area contributed by atoms with Crippen molar-refractivity contribution in [1.82, 2.24) is 4.98 Å². The third-order valence-electron chi connectivity index (χ3n) is 2.46. The number of alkyl halides is 3. The number of nitrogens with zero attached hydrogens (tertiary/aromatic N) is 1. The molecule has 0 radical (unpaired) electrons. The van der Waals surface area contributed by atoms with Gasteiger partial charge in [-0.2, -0.15) is 0 Å². The molecule has 0 aliphatic carbocycles. The zero-order valence-corrected chi connectivity index (χ0v) is 11.3. The predicted molar refractivity (Wildman–Crippen MR) is 65.6 cm³/mol. The number of halogens is 3. The maximum absolute atomic E-state index is 13.1. The Morgan fingerprint density at radius 1 is 1.53 bits per heavy atom. The Labute approximate surface area is 114 Å². The monoisotopic (exact) mass is 293 g/mol. The van der Waals surface area contributed by atoms with Crippen LogP contribution >= 0.6 is 11.6 Å². The van der Waals surface area contributed by atoms with Crippen LogP contribution in [0.4, 0.5) is 8.78 Å². The molecule has 106 valence electrons. The van der Waals surface area contributed by atoms with Gasteiger partial charge in [0.1, 0.15) is 5.75 Å². The molecular formula is C12H14ClF2NO3. The molecule has 0 spiro atoms. The van der Waals surface area contributed by atoms with Crippen LogP contribution in [0.3, 0.4) is 0 Å². The molecule has 1 aromatic heterocycles. The first-order chi connectivity index (χ1) is 9.04. The summed E-state index contributed by atoms with van der Waals surface area (Å²) in [5, 5.41) is 0. The average molecular weight is 294 g/mol. The highest BCUT2D eigenvalue weighted by Gasteiger charge is 2.23. The van der Waals surface area contributed by atoms with E-state index in [1.165, 1.54) is 13.3 Å². The van der Waals surface area contributed by atoms with E-state index in [1.54, 1.807) is 6.92 Å². The summed E-state index contributed by atoms with van der Waals surface area (Å²) in [5.41, 5.74) is -0.249. The van der Waals surface area contributed by atoms with Crippen molar-refractivity contribution >= 4 is 17.6 Å². The van der Waals surface area contributed by atoms with Gasteiger partial charge in [0.2, 0.25) is 0 Å². The highest BCUT2D eigenvalue weighted by molar-refractivity contribution is 6.17. The highest BCUT2D eigenvalue weighted by Crippen LogP contribution is 2.33. The molecule has 0 fully saturated rings. The highest BCUT2D eigenvalue weighted by atomic mass is 35.5. The predicted octanol–water partition coefficient (Wildman–Crippen LogP) is 2.87. The van der Waals surface area contributed by atoms with Crippen molar-refractivity contribution in [2.75, 3.05) is 13.7 Å². The summed E-state index contributed by atoms with van der Waals surface area (Å²) in [7, 11) is 1.34. The first-order valence-corrected chi connectivity index (χ1v) is 6.12. The number of hydrogen-bond donors (Lipinski definition) is 0. The van der Waals surface area contributed by atoms with Gasteiger partial charge in [0.05, 0.1) is 37.9 Å². The molecule has 0 bridgehead atoms. The van der Waals surface area contributed by atoms with Crippen molar-refractivity contribution in [1.29, 1.82) is 0 Å².